The highest BCUT2D eigenvalue weighted by molar-refractivity contribution is 9.10. The quantitative estimate of drug-likeness (QED) is 0.509. The molecule has 5 rings (SSSR count). The van der Waals surface area contributed by atoms with E-state index in [4.69, 9.17) is 0 Å². The van der Waals surface area contributed by atoms with Gasteiger partial charge in [-0.2, -0.15) is 0 Å². The van der Waals surface area contributed by atoms with Crippen LogP contribution in [-0.2, 0) is 0 Å². The number of halogens is 1. The maximum Gasteiger partial charge on any atom is 0.297 e. The van der Waals surface area contributed by atoms with Crippen LogP contribution < -0.4 is 0 Å². The minimum Gasteiger partial charge on any atom is -0.335 e. The number of hydrogen-bond donors (Lipinski definition) is 2. The van der Waals surface area contributed by atoms with E-state index in [1.807, 2.05) is 30.3 Å². The predicted octanol–water partition coefficient (Wildman–Crippen LogP) is 3.78. The van der Waals surface area contributed by atoms with Gasteiger partial charge in [0.25, 0.3) is 5.82 Å². The number of rotatable bonds is 2. The average Bonchev–Trinajstić information content (AvgIpc) is 3.25. The standard InChI is InChI=1S/C17H9BrN7/c18-9-7-12(16-22-10-3-1-5-19-14(10)24-16)21-13(8-9)17-23-11-4-2-6-20-15(11)25-17/h1-5,7-8H,(H,19,22,24)(H,20,23,25)/q+1. The van der Waals surface area contributed by atoms with Crippen molar-refractivity contribution in [2.75, 3.05) is 0 Å². The number of H-pyrrole nitrogens is 2. The Bertz CT molecular complexity index is 1110. The number of aromatic nitrogens is 6. The summed E-state index contributed by atoms with van der Waals surface area (Å²) in [5.41, 5.74) is 3.75. The lowest BCUT2D eigenvalue weighted by molar-refractivity contribution is 1.18. The van der Waals surface area contributed by atoms with Gasteiger partial charge in [-0.3, -0.25) is 0 Å². The second-order valence-corrected chi connectivity index (χ2v) is 6.33. The molecule has 0 aromatic carbocycles. The van der Waals surface area contributed by atoms with Crippen LogP contribution in [0, 0.1) is 0 Å². The molecule has 0 unspecified atom stereocenters. The Labute approximate surface area is 150 Å². The molecule has 4 aromatic heterocycles. The normalized spacial score (nSPS) is 12.4. The molecule has 0 saturated heterocycles. The summed E-state index contributed by atoms with van der Waals surface area (Å²) in [5, 5.41) is 0. The smallest absolute Gasteiger partial charge is 0.297 e. The van der Waals surface area contributed by atoms with Crippen LogP contribution in [0.2, 0.25) is 0 Å². The fourth-order valence-corrected chi connectivity index (χ4v) is 3.06. The van der Waals surface area contributed by atoms with Crippen molar-refractivity contribution in [1.82, 2.24) is 29.9 Å². The summed E-state index contributed by atoms with van der Waals surface area (Å²) in [4.78, 5) is 28.5. The van der Waals surface area contributed by atoms with Crippen LogP contribution in [0.15, 0.2) is 46.0 Å². The Kier molecular flexibility index (Phi) is 3.06. The summed E-state index contributed by atoms with van der Waals surface area (Å²) in [5.74, 6) is 1.89. The number of aromatic amines is 2. The van der Waals surface area contributed by atoms with Gasteiger partial charge < -0.3 is 9.97 Å². The zero-order valence-corrected chi connectivity index (χ0v) is 14.2. The lowest BCUT2D eigenvalue weighted by Gasteiger charge is -2.01. The first-order valence-corrected chi connectivity index (χ1v) is 8.27. The zero-order valence-electron chi connectivity index (χ0n) is 12.7. The van der Waals surface area contributed by atoms with Gasteiger partial charge in [0.15, 0.2) is 23.5 Å². The first-order valence-electron chi connectivity index (χ1n) is 7.48. The summed E-state index contributed by atoms with van der Waals surface area (Å²) < 4.78 is 0.876. The van der Waals surface area contributed by atoms with Crippen LogP contribution in [0.25, 0.3) is 40.3 Å². The summed E-state index contributed by atoms with van der Waals surface area (Å²) in [7, 11) is 0. The molecule has 0 radical (unpaired) electrons. The van der Waals surface area contributed by atoms with Crippen LogP contribution in [0.4, 0.5) is 5.82 Å². The molecule has 0 spiro atoms. The van der Waals surface area contributed by atoms with Gasteiger partial charge in [0.2, 0.25) is 5.69 Å². The Hall–Kier alpha value is -3.22. The van der Waals surface area contributed by atoms with Gasteiger partial charge in [-0.25, -0.2) is 15.0 Å². The number of imidazole rings is 2. The summed E-state index contributed by atoms with van der Waals surface area (Å²) in [6.45, 7) is 0. The molecule has 1 aliphatic heterocycles. The van der Waals surface area contributed by atoms with Gasteiger partial charge in [-0.15, -0.1) is 4.98 Å². The molecule has 0 amide bonds. The van der Waals surface area contributed by atoms with E-state index < -0.39 is 0 Å². The summed E-state index contributed by atoms with van der Waals surface area (Å²) in [6, 6.07) is 7.59. The lowest BCUT2D eigenvalue weighted by atomic mass is 10.3. The molecule has 118 valence electrons. The number of fused-ring (bicyclic) bond motifs is 2. The van der Waals surface area contributed by atoms with Gasteiger partial charge >= 0.3 is 0 Å². The van der Waals surface area contributed by atoms with Crippen molar-refractivity contribution in [3.05, 3.63) is 46.7 Å². The molecular formula is C17H9BrN7+. The largest absolute Gasteiger partial charge is 0.335 e. The Morgan fingerprint density at radius 2 is 1.84 bits per heavy atom. The minimum atomic E-state index is 0.605. The molecule has 25 heavy (non-hydrogen) atoms. The zero-order chi connectivity index (χ0) is 16.8. The highest BCUT2D eigenvalue weighted by Crippen LogP contribution is 2.29. The molecule has 0 bridgehead atoms. The van der Waals surface area contributed by atoms with E-state index >= 15 is 0 Å². The number of hydrogen-bond acceptors (Lipinski definition) is 5. The minimum absolute atomic E-state index is 0.605. The second-order valence-electron chi connectivity index (χ2n) is 5.41. The SMILES string of the molecule is Brc1cc(-c2nc3c([nH]2)C=C[C+]=N3)nc(-c2nc3ncccc3[nH]2)c1. The third-order valence-corrected chi connectivity index (χ3v) is 4.20. The Balaban J connectivity index is 1.64. The van der Waals surface area contributed by atoms with Crippen molar-refractivity contribution in [1.29, 1.82) is 0 Å². The fourth-order valence-electron chi connectivity index (χ4n) is 2.63. The highest BCUT2D eigenvalue weighted by atomic mass is 79.9. The van der Waals surface area contributed by atoms with E-state index in [1.165, 1.54) is 0 Å². The number of nitrogens with zero attached hydrogens (tertiary/aromatic N) is 5. The van der Waals surface area contributed by atoms with Crippen molar-refractivity contribution in [2.24, 2.45) is 4.99 Å². The van der Waals surface area contributed by atoms with Gasteiger partial charge in [-0.05, 0) is 29.3 Å². The molecule has 0 atom stereocenters. The predicted molar refractivity (Wildman–Crippen MR) is 98.5 cm³/mol. The van der Waals surface area contributed by atoms with Crippen LogP contribution in [0.1, 0.15) is 5.69 Å². The first-order chi connectivity index (χ1) is 12.3. The van der Waals surface area contributed by atoms with E-state index in [0.29, 0.717) is 34.5 Å². The van der Waals surface area contributed by atoms with Crippen molar-refractivity contribution >= 4 is 45.2 Å². The van der Waals surface area contributed by atoms with Gasteiger partial charge in [0.1, 0.15) is 17.5 Å². The number of pyridine rings is 2. The monoisotopic (exact) mass is 390 g/mol. The Morgan fingerprint density at radius 3 is 2.64 bits per heavy atom. The Morgan fingerprint density at radius 1 is 1.00 bits per heavy atom. The molecule has 0 fully saturated rings. The third-order valence-electron chi connectivity index (χ3n) is 3.74. The van der Waals surface area contributed by atoms with E-state index in [2.05, 4.69) is 57.0 Å². The lowest BCUT2D eigenvalue weighted by Crippen LogP contribution is -1.92. The molecule has 2 N–H and O–H groups in total. The molecule has 0 saturated carbocycles. The number of allylic oxidation sites excluding steroid dienone is 1. The average molecular weight is 391 g/mol. The molecule has 0 aliphatic carbocycles. The van der Waals surface area contributed by atoms with Crippen LogP contribution >= 0.6 is 15.9 Å². The third kappa shape index (κ3) is 2.44. The van der Waals surface area contributed by atoms with Gasteiger partial charge in [0, 0.05) is 10.7 Å². The van der Waals surface area contributed by atoms with E-state index in [0.717, 1.165) is 15.7 Å². The van der Waals surface area contributed by atoms with Crippen molar-refractivity contribution in [3.63, 3.8) is 0 Å². The van der Waals surface area contributed by atoms with E-state index in [-0.39, 0.29) is 0 Å². The van der Waals surface area contributed by atoms with Crippen molar-refractivity contribution in [3.8, 4) is 23.0 Å². The second kappa shape index (κ2) is 5.41. The number of nitrogens with one attached hydrogen (secondary N) is 2. The number of aliphatic imine (C=N–C) groups is 1. The molecule has 5 heterocycles. The molecular weight excluding hydrogens is 382 g/mol. The van der Waals surface area contributed by atoms with E-state index in [9.17, 15) is 0 Å². The maximum atomic E-state index is 4.68. The first kappa shape index (κ1) is 14.2. The van der Waals surface area contributed by atoms with E-state index in [1.54, 1.807) is 12.3 Å². The maximum absolute atomic E-state index is 4.68. The molecule has 8 heteroatoms. The topological polar surface area (TPSA) is 95.5 Å². The van der Waals surface area contributed by atoms with Crippen LogP contribution in [-0.4, -0.2) is 36.1 Å². The molecule has 7 nitrogen and oxygen atoms in total. The molecule has 4 aromatic rings. The van der Waals surface area contributed by atoms with Gasteiger partial charge in [-0.1, -0.05) is 15.9 Å². The fraction of sp³-hybridized carbons (Fsp3) is 0. The van der Waals surface area contributed by atoms with Crippen LogP contribution in [0.3, 0.4) is 0 Å². The van der Waals surface area contributed by atoms with Crippen molar-refractivity contribution < 1.29 is 0 Å². The highest BCUT2D eigenvalue weighted by Gasteiger charge is 2.20. The summed E-state index contributed by atoms with van der Waals surface area (Å²) in [6.07, 6.45) is 8.11. The van der Waals surface area contributed by atoms with Crippen molar-refractivity contribution in [2.45, 2.75) is 0 Å². The van der Waals surface area contributed by atoms with Crippen LogP contribution in [0.5, 0.6) is 0 Å². The summed E-state index contributed by atoms with van der Waals surface area (Å²) >= 11 is 3.53. The van der Waals surface area contributed by atoms with Gasteiger partial charge in [0.05, 0.1) is 11.6 Å². The molecule has 1 aliphatic rings.